The van der Waals surface area contributed by atoms with Gasteiger partial charge in [0.05, 0.1) is 5.41 Å². The normalized spacial score (nSPS) is 21.5. The van der Waals surface area contributed by atoms with Crippen LogP contribution in [0.5, 0.6) is 0 Å². The van der Waals surface area contributed by atoms with Crippen LogP contribution in [0, 0.1) is 0 Å². The summed E-state index contributed by atoms with van der Waals surface area (Å²) in [6.07, 6.45) is 14.3. The zero-order chi connectivity index (χ0) is 33.7. The van der Waals surface area contributed by atoms with Gasteiger partial charge >= 0.3 is 5.97 Å². The smallest absolute Gasteiger partial charge is 0.303 e. The van der Waals surface area contributed by atoms with E-state index in [1.807, 2.05) is 18.2 Å². The average molecular weight is 684 g/mol. The Labute approximate surface area is 285 Å². The number of likely N-dealkylation sites (N-methyl/N-ethyl adjacent to an activating group) is 1. The van der Waals surface area contributed by atoms with Gasteiger partial charge in [0.15, 0.2) is 5.71 Å². The van der Waals surface area contributed by atoms with E-state index in [-0.39, 0.29) is 17.3 Å². The summed E-state index contributed by atoms with van der Waals surface area (Å²) in [4.78, 5) is 13.6. The van der Waals surface area contributed by atoms with Crippen molar-refractivity contribution in [3.05, 3.63) is 95.7 Å². The molecule has 0 aliphatic carbocycles. The molecule has 0 fully saturated rings. The van der Waals surface area contributed by atoms with Gasteiger partial charge < -0.3 is 20.5 Å². The van der Waals surface area contributed by atoms with E-state index >= 15 is 0 Å². The molecule has 0 spiro atoms. The van der Waals surface area contributed by atoms with Crippen molar-refractivity contribution in [2.24, 2.45) is 0 Å². The van der Waals surface area contributed by atoms with E-state index in [2.05, 4.69) is 110 Å². The van der Waals surface area contributed by atoms with Crippen molar-refractivity contribution in [2.45, 2.75) is 70.1 Å². The molecule has 0 saturated carbocycles. The number of hydrogen-bond acceptors (Lipinski definition) is 10. The van der Waals surface area contributed by atoms with Crippen molar-refractivity contribution >= 4 is 47.1 Å². The molecule has 0 bridgehead atoms. The van der Waals surface area contributed by atoms with Crippen LogP contribution in [-0.2, 0) is 34.4 Å². The van der Waals surface area contributed by atoms with Gasteiger partial charge in [0.25, 0.3) is 0 Å². The first kappa shape index (κ1) is 36.9. The fraction of sp³-hybridized carbons (Fsp3) is 0.429. The van der Waals surface area contributed by atoms with Crippen molar-refractivity contribution < 1.29 is 43.7 Å². The highest BCUT2D eigenvalue weighted by molar-refractivity contribution is 7.94. The standard InChI is InChI=1S/C35H44N2O8S2/c1-4-36-29-17-10-8-15-27(29)34(2,22-12-21-33(38)39)31(36)19-6-5-7-20-32-35(3,23-13-25-46-44-42-40)28-16-9-11-18-30(28)37(32)24-14-26-47-45-43-41/h5-11,15-20H,4,12-14,21-26H2,1-3H3,(H2-,38,39,40,41)/p-1. The van der Waals surface area contributed by atoms with Crippen LogP contribution in [0.3, 0.4) is 0 Å². The fourth-order valence-electron chi connectivity index (χ4n) is 6.96. The molecule has 10 nitrogen and oxygen atoms in total. The topological polar surface area (TPSA) is 127 Å². The predicted octanol–water partition coefficient (Wildman–Crippen LogP) is 6.01. The number of carbonyl (C=O) groups is 1. The van der Waals surface area contributed by atoms with Gasteiger partial charge in [-0.05, 0) is 64.2 Å². The van der Waals surface area contributed by atoms with Crippen LogP contribution in [0.25, 0.3) is 0 Å². The highest BCUT2D eigenvalue weighted by Crippen LogP contribution is 2.50. The molecule has 4 rings (SSSR count). The molecule has 254 valence electrons. The number of benzene rings is 2. The molecule has 2 aliphatic heterocycles. The first-order valence-corrected chi connectivity index (χ1v) is 17.7. The van der Waals surface area contributed by atoms with Crippen LogP contribution in [0.2, 0.25) is 0 Å². The van der Waals surface area contributed by atoms with E-state index in [1.165, 1.54) is 16.8 Å². The summed E-state index contributed by atoms with van der Waals surface area (Å²) in [5.74, 6) is 0.421. The van der Waals surface area contributed by atoms with Crippen molar-refractivity contribution in [3.8, 4) is 0 Å². The Kier molecular flexibility index (Phi) is 14.1. The van der Waals surface area contributed by atoms with E-state index in [9.17, 15) is 20.4 Å². The van der Waals surface area contributed by atoms with Gasteiger partial charge in [0.2, 0.25) is 5.69 Å². The minimum atomic E-state index is -0.775. The molecule has 2 atom stereocenters. The summed E-state index contributed by atoms with van der Waals surface area (Å²) >= 11 is 1.99. The highest BCUT2D eigenvalue weighted by Gasteiger charge is 2.47. The molecule has 2 heterocycles. The lowest BCUT2D eigenvalue weighted by molar-refractivity contribution is -0.777. The Morgan fingerprint density at radius 1 is 0.894 bits per heavy atom. The Bertz CT molecular complexity index is 1480. The Morgan fingerprint density at radius 2 is 1.55 bits per heavy atom. The molecule has 2 aromatic carbocycles. The number of carboxylic acid groups (broad SMARTS) is 1. The van der Waals surface area contributed by atoms with Crippen molar-refractivity contribution in [3.63, 3.8) is 0 Å². The third-order valence-corrected chi connectivity index (χ3v) is 10.3. The number of hydrogen-bond donors (Lipinski definition) is 1. The Hall–Kier alpha value is -2.94. The lowest BCUT2D eigenvalue weighted by atomic mass is 9.76. The maximum absolute atomic E-state index is 11.3. The first-order valence-electron chi connectivity index (χ1n) is 15.9. The van der Waals surface area contributed by atoms with E-state index in [4.69, 9.17) is 0 Å². The summed E-state index contributed by atoms with van der Waals surface area (Å²) in [7, 11) is 0. The summed E-state index contributed by atoms with van der Waals surface area (Å²) < 4.78 is 11.3. The quantitative estimate of drug-likeness (QED) is 0.0441. The number of rotatable bonds is 20. The Balaban J connectivity index is 1.63. The number of nitrogens with zero attached hydrogens (tertiary/aromatic N) is 2. The SMILES string of the molecule is CCN1/C(=C/C=C/C=C/C2=[N+](CCCSOO[O-])c3ccccc3C2(C)CCCSOO[O-])C(C)(CCCC(=O)O)c2ccccc21. The average Bonchev–Trinajstić information content (AvgIpc) is 3.45. The number of fused-ring (bicyclic) bond motifs is 2. The molecule has 47 heavy (non-hydrogen) atoms. The van der Waals surface area contributed by atoms with E-state index < -0.39 is 5.97 Å². The van der Waals surface area contributed by atoms with E-state index in [0.717, 1.165) is 80.0 Å². The molecule has 2 aromatic rings. The zero-order valence-corrected chi connectivity index (χ0v) is 28.7. The molecule has 12 heteroatoms. The van der Waals surface area contributed by atoms with Crippen molar-refractivity contribution in [1.82, 2.24) is 0 Å². The first-order chi connectivity index (χ1) is 22.8. The van der Waals surface area contributed by atoms with E-state index in [1.54, 1.807) is 0 Å². The molecular formula is C35H43N2O8S2-. The van der Waals surface area contributed by atoms with Gasteiger partial charge in [-0.25, -0.2) is 0 Å². The summed E-state index contributed by atoms with van der Waals surface area (Å²) in [5.41, 5.74) is 6.47. The van der Waals surface area contributed by atoms with Crippen LogP contribution >= 0.6 is 24.1 Å². The minimum absolute atomic E-state index is 0.141. The Morgan fingerprint density at radius 3 is 2.26 bits per heavy atom. The molecular weight excluding hydrogens is 641 g/mol. The zero-order valence-electron chi connectivity index (χ0n) is 27.1. The second-order valence-corrected chi connectivity index (χ2v) is 13.5. The summed E-state index contributed by atoms with van der Waals surface area (Å²) in [6, 6.07) is 16.8. The van der Waals surface area contributed by atoms with E-state index in [0.29, 0.717) is 17.9 Å². The van der Waals surface area contributed by atoms with Gasteiger partial charge in [-0.3, -0.25) is 14.9 Å². The molecule has 0 amide bonds. The molecule has 0 aromatic heterocycles. The molecule has 2 aliphatic rings. The monoisotopic (exact) mass is 683 g/mol. The second kappa shape index (κ2) is 18.0. The third-order valence-electron chi connectivity index (χ3n) is 9.07. The number of allylic oxidation sites excluding steroid dienone is 6. The van der Waals surface area contributed by atoms with Crippen LogP contribution < -0.4 is 15.4 Å². The lowest BCUT2D eigenvalue weighted by Crippen LogP contribution is -2.31. The minimum Gasteiger partial charge on any atom is -0.691 e. The van der Waals surface area contributed by atoms with Crippen LogP contribution in [0.15, 0.2) is 84.6 Å². The summed E-state index contributed by atoms with van der Waals surface area (Å²) in [6.45, 7) is 8.12. The van der Waals surface area contributed by atoms with Crippen molar-refractivity contribution in [1.29, 1.82) is 0 Å². The van der Waals surface area contributed by atoms with Crippen LogP contribution in [-0.4, -0.2) is 46.0 Å². The number of para-hydroxylation sites is 2. The van der Waals surface area contributed by atoms with Gasteiger partial charge in [0.1, 0.15) is 6.54 Å². The second-order valence-electron chi connectivity index (χ2n) is 11.9. The van der Waals surface area contributed by atoms with Gasteiger partial charge in [-0.2, -0.15) is 13.2 Å². The van der Waals surface area contributed by atoms with Gasteiger partial charge in [0, 0.05) is 89.5 Å². The number of carboxylic acids is 1. The summed E-state index contributed by atoms with van der Waals surface area (Å²) in [5, 5.41) is 36.8. The number of aliphatic carboxylic acids is 1. The van der Waals surface area contributed by atoms with Gasteiger partial charge in [-0.15, -0.1) is 0 Å². The van der Waals surface area contributed by atoms with Crippen LogP contribution in [0.4, 0.5) is 11.4 Å². The molecule has 0 saturated heterocycles. The predicted molar refractivity (Wildman–Crippen MR) is 181 cm³/mol. The molecule has 2 unspecified atom stereocenters. The highest BCUT2D eigenvalue weighted by atomic mass is 32.2. The van der Waals surface area contributed by atoms with Crippen LogP contribution in [0.1, 0.15) is 70.4 Å². The largest absolute Gasteiger partial charge is 0.691 e. The number of anilines is 1. The van der Waals surface area contributed by atoms with Crippen molar-refractivity contribution in [2.75, 3.05) is 29.5 Å². The molecule has 0 radical (unpaired) electrons. The van der Waals surface area contributed by atoms with Gasteiger partial charge in [-0.1, -0.05) is 54.6 Å². The molecule has 1 N–H and O–H groups in total. The maximum atomic E-state index is 11.3. The maximum Gasteiger partial charge on any atom is 0.303 e. The lowest BCUT2D eigenvalue weighted by Gasteiger charge is -2.29. The fourth-order valence-corrected chi connectivity index (χ4v) is 7.69. The third kappa shape index (κ3) is 8.76.